The summed E-state index contributed by atoms with van der Waals surface area (Å²) in [4.78, 5) is 6.65. The molecule has 0 aromatic heterocycles. The fraction of sp³-hybridized carbons (Fsp3) is 0.409. The highest BCUT2D eigenvalue weighted by molar-refractivity contribution is 14.0. The van der Waals surface area contributed by atoms with Crippen LogP contribution in [-0.2, 0) is 17.9 Å². The van der Waals surface area contributed by atoms with Crippen LogP contribution < -0.4 is 20.3 Å². The van der Waals surface area contributed by atoms with Gasteiger partial charge in [-0.25, -0.2) is 4.39 Å². The number of anilines is 1. The van der Waals surface area contributed by atoms with Crippen molar-refractivity contribution in [2.75, 3.05) is 39.3 Å². The van der Waals surface area contributed by atoms with Crippen LogP contribution in [-0.4, -0.2) is 46.4 Å². The monoisotopic (exact) mass is 528 g/mol. The van der Waals surface area contributed by atoms with E-state index < -0.39 is 0 Å². The Labute approximate surface area is 194 Å². The number of halogens is 2. The molecule has 0 saturated carbocycles. The van der Waals surface area contributed by atoms with Crippen LogP contribution in [0.5, 0.6) is 5.75 Å². The number of aliphatic imine (C=N–C) groups is 1. The van der Waals surface area contributed by atoms with Crippen molar-refractivity contribution in [3.05, 3.63) is 59.4 Å². The molecule has 0 spiro atoms. The molecule has 0 bridgehead atoms. The Bertz CT molecular complexity index is 850. The minimum absolute atomic E-state index is 0. The molecule has 1 heterocycles. The molecule has 164 valence electrons. The van der Waals surface area contributed by atoms with Crippen molar-refractivity contribution in [2.24, 2.45) is 4.99 Å². The third kappa shape index (κ3) is 6.21. The summed E-state index contributed by atoms with van der Waals surface area (Å²) in [6, 6.07) is 13.4. The molecule has 0 aliphatic carbocycles. The number of hydrogen-bond acceptors (Lipinski definition) is 4. The van der Waals surface area contributed by atoms with Gasteiger partial charge in [0.05, 0.1) is 19.4 Å². The first-order valence-corrected chi connectivity index (χ1v) is 9.76. The normalized spacial score (nSPS) is 16.2. The van der Waals surface area contributed by atoms with Gasteiger partial charge in [0.25, 0.3) is 0 Å². The topological polar surface area (TPSA) is 58.1 Å². The van der Waals surface area contributed by atoms with Crippen molar-refractivity contribution < 1.29 is 13.9 Å². The lowest BCUT2D eigenvalue weighted by Gasteiger charge is -2.22. The van der Waals surface area contributed by atoms with E-state index in [1.807, 2.05) is 24.3 Å². The maximum atomic E-state index is 13.8. The summed E-state index contributed by atoms with van der Waals surface area (Å²) in [5, 5.41) is 6.79. The van der Waals surface area contributed by atoms with Gasteiger partial charge in [-0.05, 0) is 36.2 Å². The summed E-state index contributed by atoms with van der Waals surface area (Å²) in [6.45, 7) is 2.64. The number of guanidine groups is 1. The predicted octanol–water partition coefficient (Wildman–Crippen LogP) is 3.54. The fourth-order valence-electron chi connectivity index (χ4n) is 3.57. The lowest BCUT2D eigenvalue weighted by Crippen LogP contribution is -2.44. The van der Waals surface area contributed by atoms with E-state index in [0.717, 1.165) is 42.5 Å². The van der Waals surface area contributed by atoms with Crippen LogP contribution >= 0.6 is 24.0 Å². The van der Waals surface area contributed by atoms with Crippen molar-refractivity contribution in [3.8, 4) is 5.75 Å². The van der Waals surface area contributed by atoms with E-state index >= 15 is 0 Å². The Hall–Kier alpha value is -2.07. The molecular formula is C22H30FIN4O2. The van der Waals surface area contributed by atoms with Gasteiger partial charge in [0, 0.05) is 45.4 Å². The lowest BCUT2D eigenvalue weighted by molar-refractivity contribution is 0.181. The van der Waals surface area contributed by atoms with Crippen molar-refractivity contribution in [2.45, 2.75) is 25.6 Å². The summed E-state index contributed by atoms with van der Waals surface area (Å²) in [5.74, 6) is 1.37. The standard InChI is InChI=1S/C22H29FN4O2.HI/c1-24-22(25-13-16-8-9-19(23)17(12-16)15-28-2)26-18-10-11-27(14-18)20-6-4-5-7-21(20)29-3;/h4-9,12,18H,10-11,13-15H2,1-3H3,(H2,24,25,26);1H. The second-order valence-corrected chi connectivity index (χ2v) is 7.03. The lowest BCUT2D eigenvalue weighted by atomic mass is 10.1. The van der Waals surface area contributed by atoms with E-state index in [2.05, 4.69) is 26.6 Å². The minimum Gasteiger partial charge on any atom is -0.495 e. The highest BCUT2D eigenvalue weighted by Crippen LogP contribution is 2.30. The summed E-state index contributed by atoms with van der Waals surface area (Å²) in [5.41, 5.74) is 2.64. The predicted molar refractivity (Wildman–Crippen MR) is 129 cm³/mol. The van der Waals surface area contributed by atoms with E-state index in [1.165, 1.54) is 6.07 Å². The Balaban J connectivity index is 0.00000320. The van der Waals surface area contributed by atoms with E-state index in [-0.39, 0.29) is 42.4 Å². The molecule has 6 nitrogen and oxygen atoms in total. The molecule has 0 amide bonds. The molecule has 2 aromatic rings. The van der Waals surface area contributed by atoms with Crippen LogP contribution in [0.4, 0.5) is 10.1 Å². The number of para-hydroxylation sites is 2. The molecule has 1 aliphatic rings. The fourth-order valence-corrected chi connectivity index (χ4v) is 3.57. The van der Waals surface area contributed by atoms with Gasteiger partial charge >= 0.3 is 0 Å². The van der Waals surface area contributed by atoms with Crippen LogP contribution in [0.2, 0.25) is 0 Å². The zero-order valence-corrected chi connectivity index (χ0v) is 20.0. The molecule has 1 unspecified atom stereocenters. The first kappa shape index (κ1) is 24.2. The number of benzene rings is 2. The smallest absolute Gasteiger partial charge is 0.191 e. The van der Waals surface area contributed by atoms with Crippen LogP contribution in [0.15, 0.2) is 47.5 Å². The molecule has 2 N–H and O–H groups in total. The van der Waals surface area contributed by atoms with Gasteiger partial charge in [0.15, 0.2) is 5.96 Å². The number of methoxy groups -OCH3 is 2. The number of nitrogens with zero attached hydrogens (tertiary/aromatic N) is 2. The molecule has 0 radical (unpaired) electrons. The summed E-state index contributed by atoms with van der Waals surface area (Å²) < 4.78 is 24.3. The highest BCUT2D eigenvalue weighted by Gasteiger charge is 2.25. The Morgan fingerprint density at radius 2 is 2.03 bits per heavy atom. The highest BCUT2D eigenvalue weighted by atomic mass is 127. The minimum atomic E-state index is -0.250. The molecule has 2 aromatic carbocycles. The van der Waals surface area contributed by atoms with Crippen molar-refractivity contribution >= 4 is 35.6 Å². The molecule has 8 heteroatoms. The van der Waals surface area contributed by atoms with Crippen molar-refractivity contribution in [1.82, 2.24) is 10.6 Å². The average Bonchev–Trinajstić information content (AvgIpc) is 3.21. The van der Waals surface area contributed by atoms with Gasteiger partial charge in [-0.15, -0.1) is 24.0 Å². The second kappa shape index (κ2) is 11.9. The first-order valence-electron chi connectivity index (χ1n) is 9.76. The van der Waals surface area contributed by atoms with Crippen LogP contribution in [0.3, 0.4) is 0 Å². The Morgan fingerprint density at radius 1 is 1.23 bits per heavy atom. The third-order valence-corrected chi connectivity index (χ3v) is 5.05. The largest absolute Gasteiger partial charge is 0.495 e. The number of hydrogen-bond donors (Lipinski definition) is 2. The maximum Gasteiger partial charge on any atom is 0.191 e. The molecule has 3 rings (SSSR count). The maximum absolute atomic E-state index is 13.8. The SMILES string of the molecule is CN=C(NCc1ccc(F)c(COC)c1)NC1CCN(c2ccccc2OC)C1.I. The van der Waals surface area contributed by atoms with E-state index in [0.29, 0.717) is 12.1 Å². The van der Waals surface area contributed by atoms with Crippen LogP contribution in [0.1, 0.15) is 17.5 Å². The molecule has 1 atom stereocenters. The molecule has 1 fully saturated rings. The van der Waals surface area contributed by atoms with Crippen LogP contribution in [0.25, 0.3) is 0 Å². The summed E-state index contributed by atoms with van der Waals surface area (Å²) in [7, 11) is 5.01. The second-order valence-electron chi connectivity index (χ2n) is 7.03. The zero-order valence-electron chi connectivity index (χ0n) is 17.7. The van der Waals surface area contributed by atoms with E-state index in [9.17, 15) is 4.39 Å². The third-order valence-electron chi connectivity index (χ3n) is 5.05. The van der Waals surface area contributed by atoms with Gasteiger partial charge < -0.3 is 25.0 Å². The Kier molecular flexibility index (Phi) is 9.64. The molecule has 30 heavy (non-hydrogen) atoms. The van der Waals surface area contributed by atoms with E-state index in [1.54, 1.807) is 27.3 Å². The first-order chi connectivity index (χ1) is 14.1. The summed E-state index contributed by atoms with van der Waals surface area (Å²) in [6.07, 6.45) is 1.01. The van der Waals surface area contributed by atoms with Gasteiger partial charge in [-0.3, -0.25) is 4.99 Å². The number of nitrogens with one attached hydrogen (secondary N) is 2. The van der Waals surface area contributed by atoms with Crippen LogP contribution in [0, 0.1) is 5.82 Å². The van der Waals surface area contributed by atoms with Crippen molar-refractivity contribution in [3.63, 3.8) is 0 Å². The van der Waals surface area contributed by atoms with Crippen molar-refractivity contribution in [1.29, 1.82) is 0 Å². The van der Waals surface area contributed by atoms with Gasteiger partial charge in [-0.1, -0.05) is 18.2 Å². The quantitative estimate of drug-likeness (QED) is 0.327. The molecule has 1 aliphatic heterocycles. The number of ether oxygens (including phenoxy) is 2. The van der Waals surface area contributed by atoms with E-state index in [4.69, 9.17) is 9.47 Å². The van der Waals surface area contributed by atoms with Gasteiger partial charge in [-0.2, -0.15) is 0 Å². The summed E-state index contributed by atoms with van der Waals surface area (Å²) >= 11 is 0. The van der Waals surface area contributed by atoms with Gasteiger partial charge in [0.1, 0.15) is 11.6 Å². The van der Waals surface area contributed by atoms with Gasteiger partial charge in [0.2, 0.25) is 0 Å². The average molecular weight is 528 g/mol. The number of rotatable bonds is 7. The molecular weight excluding hydrogens is 498 g/mol. The Morgan fingerprint density at radius 3 is 2.77 bits per heavy atom. The molecule has 1 saturated heterocycles. The zero-order chi connectivity index (χ0) is 20.6.